The number of thiocarbonyl (C=S) groups is 1. The minimum Gasteiger partial charge on any atom is -0.459 e. The third-order valence-corrected chi connectivity index (χ3v) is 6.91. The molecule has 0 aliphatic carbocycles. The molecule has 1 saturated heterocycles. The maximum absolute atomic E-state index is 6.37. The Morgan fingerprint density at radius 1 is 0.941 bits per heavy atom. The van der Waals surface area contributed by atoms with Crippen molar-refractivity contribution in [3.05, 3.63) is 94.4 Å². The number of aromatic nitrogens is 1. The van der Waals surface area contributed by atoms with E-state index >= 15 is 0 Å². The quantitative estimate of drug-likeness (QED) is 0.312. The molecule has 34 heavy (non-hydrogen) atoms. The Morgan fingerprint density at radius 3 is 2.65 bits per heavy atom. The predicted molar refractivity (Wildman–Crippen MR) is 135 cm³/mol. The van der Waals surface area contributed by atoms with Crippen LogP contribution in [0.2, 0.25) is 10.0 Å². The molecule has 0 radical (unpaired) electrons. The molecule has 1 N–H and O–H groups in total. The van der Waals surface area contributed by atoms with E-state index in [1.54, 1.807) is 18.3 Å². The fourth-order valence-electron chi connectivity index (χ4n) is 4.27. The molecule has 0 spiro atoms. The molecule has 6 nitrogen and oxygen atoms in total. The highest BCUT2D eigenvalue weighted by Crippen LogP contribution is 2.45. The smallest absolute Gasteiger partial charge is 0.231 e. The lowest BCUT2D eigenvalue weighted by molar-refractivity contribution is 0.174. The number of fused-ring (bicyclic) bond motifs is 1. The summed E-state index contributed by atoms with van der Waals surface area (Å²) in [5.74, 6) is 2.79. The Morgan fingerprint density at radius 2 is 1.82 bits per heavy atom. The van der Waals surface area contributed by atoms with E-state index in [-0.39, 0.29) is 18.9 Å². The lowest BCUT2D eigenvalue weighted by Crippen LogP contribution is -2.29. The monoisotopic (exact) mass is 509 g/mol. The second-order valence-corrected chi connectivity index (χ2v) is 9.07. The molecule has 2 aromatic heterocycles. The van der Waals surface area contributed by atoms with Gasteiger partial charge in [0.25, 0.3) is 0 Å². The zero-order chi connectivity index (χ0) is 23.2. The summed E-state index contributed by atoms with van der Waals surface area (Å²) in [6.45, 7) is 0.201. The molecular formula is C25H17Cl2N3O3S. The first-order chi connectivity index (χ1) is 16.6. The summed E-state index contributed by atoms with van der Waals surface area (Å²) in [4.78, 5) is 6.60. The molecule has 2 atom stereocenters. The van der Waals surface area contributed by atoms with E-state index in [0.29, 0.717) is 32.4 Å². The van der Waals surface area contributed by atoms with Crippen LogP contribution in [0, 0.1) is 0 Å². The lowest BCUT2D eigenvalue weighted by Gasteiger charge is -2.26. The van der Waals surface area contributed by atoms with Crippen LogP contribution in [0.4, 0.5) is 5.69 Å². The Bertz CT molecular complexity index is 1400. The van der Waals surface area contributed by atoms with Gasteiger partial charge in [0.1, 0.15) is 17.6 Å². The van der Waals surface area contributed by atoms with Crippen LogP contribution in [0.25, 0.3) is 11.3 Å². The molecule has 1 fully saturated rings. The lowest BCUT2D eigenvalue weighted by atomic mass is 10.0. The fraction of sp³-hybridized carbons (Fsp3) is 0.120. The van der Waals surface area contributed by atoms with Crippen molar-refractivity contribution in [2.75, 3.05) is 11.7 Å². The van der Waals surface area contributed by atoms with E-state index in [9.17, 15) is 0 Å². The van der Waals surface area contributed by atoms with Crippen molar-refractivity contribution in [2.45, 2.75) is 12.1 Å². The highest BCUT2D eigenvalue weighted by atomic mass is 35.5. The van der Waals surface area contributed by atoms with Crippen LogP contribution in [0.15, 0.2) is 77.3 Å². The Kier molecular flexibility index (Phi) is 5.32. The van der Waals surface area contributed by atoms with Crippen LogP contribution in [0.1, 0.15) is 23.5 Å². The van der Waals surface area contributed by atoms with Gasteiger partial charge in [0, 0.05) is 23.5 Å². The SMILES string of the molecule is S=C1N[C@H](c2ccccn2)[C@H](c2ccc(-c3ccc(Cl)c(Cl)c3)o2)N1c1ccc2c(c1)OCO2. The third-order valence-electron chi connectivity index (χ3n) is 5.85. The zero-order valence-corrected chi connectivity index (χ0v) is 19.9. The maximum atomic E-state index is 6.37. The average molecular weight is 510 g/mol. The van der Waals surface area contributed by atoms with Gasteiger partial charge in [-0.2, -0.15) is 0 Å². The van der Waals surface area contributed by atoms with Crippen LogP contribution in [0.5, 0.6) is 11.5 Å². The first-order valence-electron chi connectivity index (χ1n) is 10.5. The molecular weight excluding hydrogens is 493 g/mol. The van der Waals surface area contributed by atoms with E-state index in [1.807, 2.05) is 59.5 Å². The highest BCUT2D eigenvalue weighted by molar-refractivity contribution is 7.80. The number of nitrogens with one attached hydrogen (secondary N) is 1. The van der Waals surface area contributed by atoms with Gasteiger partial charge in [-0.25, -0.2) is 0 Å². The number of halogens is 2. The number of ether oxygens (including phenoxy) is 2. The van der Waals surface area contributed by atoms with Gasteiger partial charge >= 0.3 is 0 Å². The summed E-state index contributed by atoms with van der Waals surface area (Å²) in [5.41, 5.74) is 2.54. The van der Waals surface area contributed by atoms with Crippen LogP contribution < -0.4 is 19.7 Å². The topological polar surface area (TPSA) is 59.8 Å². The summed E-state index contributed by atoms with van der Waals surface area (Å²) < 4.78 is 17.4. The largest absolute Gasteiger partial charge is 0.459 e. The maximum Gasteiger partial charge on any atom is 0.231 e. The molecule has 170 valence electrons. The van der Waals surface area contributed by atoms with Gasteiger partial charge < -0.3 is 24.1 Å². The summed E-state index contributed by atoms with van der Waals surface area (Å²) in [7, 11) is 0. The van der Waals surface area contributed by atoms with E-state index < -0.39 is 0 Å². The number of rotatable bonds is 4. The van der Waals surface area contributed by atoms with Crippen LogP contribution >= 0.6 is 35.4 Å². The van der Waals surface area contributed by atoms with Gasteiger partial charge in [0.05, 0.1) is 21.8 Å². The van der Waals surface area contributed by atoms with Crippen molar-refractivity contribution in [1.29, 1.82) is 0 Å². The first-order valence-corrected chi connectivity index (χ1v) is 11.7. The fourth-order valence-corrected chi connectivity index (χ4v) is 4.92. The number of nitrogens with zero attached hydrogens (tertiary/aromatic N) is 2. The summed E-state index contributed by atoms with van der Waals surface area (Å²) in [6, 6.07) is 20.3. The minimum atomic E-state index is -0.292. The summed E-state index contributed by atoms with van der Waals surface area (Å²) >= 11 is 18.1. The normalized spacial score (nSPS) is 18.9. The van der Waals surface area contributed by atoms with E-state index in [4.69, 9.17) is 49.3 Å². The second kappa shape index (κ2) is 8.51. The van der Waals surface area contributed by atoms with Crippen LogP contribution in [-0.4, -0.2) is 16.9 Å². The molecule has 0 amide bonds. The van der Waals surface area contributed by atoms with Crippen molar-refractivity contribution < 1.29 is 13.9 Å². The Balaban J connectivity index is 1.44. The van der Waals surface area contributed by atoms with Crippen molar-refractivity contribution >= 4 is 46.2 Å². The van der Waals surface area contributed by atoms with E-state index in [0.717, 1.165) is 22.7 Å². The molecule has 4 aromatic rings. The van der Waals surface area contributed by atoms with Crippen LogP contribution in [0.3, 0.4) is 0 Å². The van der Waals surface area contributed by atoms with Gasteiger partial charge in [0.2, 0.25) is 6.79 Å². The number of hydrogen-bond acceptors (Lipinski definition) is 5. The molecule has 0 unspecified atom stereocenters. The van der Waals surface area contributed by atoms with Crippen molar-refractivity contribution in [2.24, 2.45) is 0 Å². The number of pyridine rings is 1. The average Bonchev–Trinajstić information content (AvgIpc) is 3.59. The molecule has 2 aliphatic heterocycles. The first kappa shape index (κ1) is 21.3. The standard InChI is InChI=1S/C25H17Cl2N3O3S/c26-16-6-4-14(11-17(16)27)19-8-9-21(33-19)24-23(18-3-1-2-10-28-18)29-25(34)30(24)15-5-7-20-22(12-15)32-13-31-20/h1-12,23-24H,13H2,(H,29,34)/t23-,24+/m1/s1. The van der Waals surface area contributed by atoms with Gasteiger partial charge in [-0.1, -0.05) is 29.3 Å². The van der Waals surface area contributed by atoms with E-state index in [1.165, 1.54) is 0 Å². The molecule has 9 heteroatoms. The Hall–Kier alpha value is -3.26. The molecule has 2 aliphatic rings. The van der Waals surface area contributed by atoms with Gasteiger partial charge in [0.15, 0.2) is 16.6 Å². The summed E-state index contributed by atoms with van der Waals surface area (Å²) in [5, 5.41) is 4.95. The molecule has 2 aromatic carbocycles. The predicted octanol–water partition coefficient (Wildman–Crippen LogP) is 6.55. The molecule has 0 saturated carbocycles. The summed E-state index contributed by atoms with van der Waals surface area (Å²) in [6.07, 6.45) is 1.77. The minimum absolute atomic E-state index is 0.201. The molecule has 4 heterocycles. The third kappa shape index (κ3) is 3.66. The zero-order valence-electron chi connectivity index (χ0n) is 17.6. The van der Waals surface area contributed by atoms with Crippen molar-refractivity contribution in [1.82, 2.24) is 10.3 Å². The van der Waals surface area contributed by atoms with Gasteiger partial charge in [-0.3, -0.25) is 4.98 Å². The number of anilines is 1. The van der Waals surface area contributed by atoms with Crippen molar-refractivity contribution in [3.63, 3.8) is 0 Å². The highest BCUT2D eigenvalue weighted by Gasteiger charge is 2.43. The Labute approximate surface area is 211 Å². The van der Waals surface area contributed by atoms with Gasteiger partial charge in [-0.15, -0.1) is 0 Å². The van der Waals surface area contributed by atoms with E-state index in [2.05, 4.69) is 10.3 Å². The molecule has 6 rings (SSSR count). The van der Waals surface area contributed by atoms with Crippen molar-refractivity contribution in [3.8, 4) is 22.8 Å². The van der Waals surface area contributed by atoms with Gasteiger partial charge in [-0.05, 0) is 66.8 Å². The number of benzene rings is 2. The number of furan rings is 1. The second-order valence-electron chi connectivity index (χ2n) is 7.87. The molecule has 0 bridgehead atoms. The number of hydrogen-bond donors (Lipinski definition) is 1. The van der Waals surface area contributed by atoms with Crippen LogP contribution in [-0.2, 0) is 0 Å².